The molecular weight excluding hydrogens is 192 g/mol. The third-order valence-corrected chi connectivity index (χ3v) is 3.97. The molecule has 2 nitrogen and oxygen atoms in total. The van der Waals surface area contributed by atoms with Crippen LogP contribution >= 0.6 is 0 Å². The highest BCUT2D eigenvalue weighted by atomic mass is 28.3. The van der Waals surface area contributed by atoms with Crippen LogP contribution in [-0.2, 0) is 8.85 Å². The molecule has 3 heteroatoms. The van der Waals surface area contributed by atoms with E-state index in [1.165, 1.54) is 5.19 Å². The van der Waals surface area contributed by atoms with Crippen molar-refractivity contribution in [2.45, 2.75) is 20.3 Å². The van der Waals surface area contributed by atoms with E-state index in [1.54, 1.807) is 0 Å². The molecule has 0 saturated heterocycles. The lowest BCUT2D eigenvalue weighted by Crippen LogP contribution is -2.37. The Labute approximate surface area is 87.7 Å². The zero-order chi connectivity index (χ0) is 10.2. The molecule has 78 valence electrons. The molecule has 0 aliphatic rings. The average molecular weight is 210 g/mol. The van der Waals surface area contributed by atoms with Crippen LogP contribution < -0.4 is 5.19 Å². The van der Waals surface area contributed by atoms with Gasteiger partial charge in [-0.15, -0.1) is 0 Å². The van der Waals surface area contributed by atoms with E-state index in [-0.39, 0.29) is 0 Å². The van der Waals surface area contributed by atoms with Crippen molar-refractivity contribution in [3.05, 3.63) is 30.3 Å². The van der Waals surface area contributed by atoms with Gasteiger partial charge in [0.15, 0.2) is 0 Å². The van der Waals surface area contributed by atoms with Gasteiger partial charge in [-0.25, -0.2) is 0 Å². The molecule has 0 bridgehead atoms. The molecule has 1 aromatic carbocycles. The van der Waals surface area contributed by atoms with Crippen LogP contribution in [0.3, 0.4) is 0 Å². The molecular formula is C11H18O2Si. The minimum absolute atomic E-state index is 0.732. The summed E-state index contributed by atoms with van der Waals surface area (Å²) in [4.78, 5) is 0. The van der Waals surface area contributed by atoms with Crippen molar-refractivity contribution >= 4 is 14.5 Å². The first-order valence-corrected chi connectivity index (χ1v) is 6.68. The number of benzene rings is 1. The highest BCUT2D eigenvalue weighted by molar-refractivity contribution is 6.61. The van der Waals surface area contributed by atoms with Crippen LogP contribution in [0.5, 0.6) is 0 Å². The lowest BCUT2D eigenvalue weighted by Gasteiger charge is -2.15. The average Bonchev–Trinajstić information content (AvgIpc) is 2.25. The summed E-state index contributed by atoms with van der Waals surface area (Å²) >= 11 is 0. The standard InChI is InChI=1S/C11H18O2Si/c1-3-10-13-14(12-4-2)11-8-6-5-7-9-11/h5-9,14H,3-4,10H2,1-2H3. The summed E-state index contributed by atoms with van der Waals surface area (Å²) in [5.74, 6) is 0. The zero-order valence-corrected chi connectivity index (χ0v) is 10.1. The number of hydrogen-bond donors (Lipinski definition) is 0. The van der Waals surface area contributed by atoms with Crippen LogP contribution in [0, 0.1) is 0 Å². The van der Waals surface area contributed by atoms with E-state index < -0.39 is 9.28 Å². The van der Waals surface area contributed by atoms with E-state index in [9.17, 15) is 0 Å². The molecule has 1 rings (SSSR count). The van der Waals surface area contributed by atoms with Gasteiger partial charge in [-0.2, -0.15) is 0 Å². The maximum absolute atomic E-state index is 5.73. The lowest BCUT2D eigenvalue weighted by molar-refractivity contribution is 0.216. The fourth-order valence-electron chi connectivity index (χ4n) is 1.23. The van der Waals surface area contributed by atoms with Crippen molar-refractivity contribution in [1.82, 2.24) is 0 Å². The molecule has 1 atom stereocenters. The second kappa shape index (κ2) is 6.76. The van der Waals surface area contributed by atoms with Gasteiger partial charge < -0.3 is 8.85 Å². The quantitative estimate of drug-likeness (QED) is 0.664. The Morgan fingerprint density at radius 3 is 2.36 bits per heavy atom. The molecule has 0 radical (unpaired) electrons. The first-order valence-electron chi connectivity index (χ1n) is 5.16. The normalized spacial score (nSPS) is 12.7. The van der Waals surface area contributed by atoms with E-state index >= 15 is 0 Å². The molecule has 1 aromatic rings. The van der Waals surface area contributed by atoms with E-state index in [1.807, 2.05) is 25.1 Å². The van der Waals surface area contributed by atoms with E-state index in [0.29, 0.717) is 0 Å². The molecule has 0 heterocycles. The summed E-state index contributed by atoms with van der Waals surface area (Å²) in [5.41, 5.74) is 0. The van der Waals surface area contributed by atoms with Gasteiger partial charge >= 0.3 is 9.28 Å². The fraction of sp³-hybridized carbons (Fsp3) is 0.455. The first-order chi connectivity index (χ1) is 6.88. The van der Waals surface area contributed by atoms with E-state index in [2.05, 4.69) is 19.1 Å². The molecule has 0 aromatic heterocycles. The molecule has 0 spiro atoms. The molecule has 1 unspecified atom stereocenters. The predicted molar refractivity (Wildman–Crippen MR) is 61.1 cm³/mol. The monoisotopic (exact) mass is 210 g/mol. The van der Waals surface area contributed by atoms with Gasteiger partial charge in [-0.3, -0.25) is 0 Å². The summed E-state index contributed by atoms with van der Waals surface area (Å²) in [6, 6.07) is 10.2. The van der Waals surface area contributed by atoms with Gasteiger partial charge in [0.2, 0.25) is 0 Å². The second-order valence-corrected chi connectivity index (χ2v) is 5.07. The van der Waals surface area contributed by atoms with Crippen molar-refractivity contribution in [1.29, 1.82) is 0 Å². The van der Waals surface area contributed by atoms with Gasteiger partial charge in [-0.05, 0) is 18.5 Å². The van der Waals surface area contributed by atoms with Gasteiger partial charge in [0.1, 0.15) is 0 Å². The molecule has 0 N–H and O–H groups in total. The van der Waals surface area contributed by atoms with Gasteiger partial charge in [0.25, 0.3) is 0 Å². The maximum Gasteiger partial charge on any atom is 0.355 e. The van der Waals surface area contributed by atoms with E-state index in [4.69, 9.17) is 8.85 Å². The molecule has 0 aliphatic carbocycles. The topological polar surface area (TPSA) is 18.5 Å². The maximum atomic E-state index is 5.73. The van der Waals surface area contributed by atoms with Crippen molar-refractivity contribution in [3.8, 4) is 0 Å². The van der Waals surface area contributed by atoms with Crippen molar-refractivity contribution in [3.63, 3.8) is 0 Å². The summed E-state index contributed by atoms with van der Waals surface area (Å²) in [7, 11) is -1.61. The summed E-state index contributed by atoms with van der Waals surface area (Å²) in [6.45, 7) is 5.65. The van der Waals surface area contributed by atoms with E-state index in [0.717, 1.165) is 19.6 Å². The van der Waals surface area contributed by atoms with Crippen LogP contribution in [0.4, 0.5) is 0 Å². The predicted octanol–water partition coefficient (Wildman–Crippen LogP) is 1.58. The van der Waals surface area contributed by atoms with Crippen LogP contribution in [-0.4, -0.2) is 22.5 Å². The Bertz CT molecular complexity index is 238. The van der Waals surface area contributed by atoms with Crippen molar-refractivity contribution in [2.24, 2.45) is 0 Å². The zero-order valence-electron chi connectivity index (χ0n) is 8.90. The van der Waals surface area contributed by atoms with Crippen LogP contribution in [0.2, 0.25) is 0 Å². The Morgan fingerprint density at radius 2 is 1.79 bits per heavy atom. The Kier molecular flexibility index (Phi) is 5.52. The second-order valence-electron chi connectivity index (χ2n) is 3.07. The highest BCUT2D eigenvalue weighted by Crippen LogP contribution is 1.94. The third kappa shape index (κ3) is 3.62. The molecule has 0 fully saturated rings. The fourth-order valence-corrected chi connectivity index (χ4v) is 3.00. The minimum Gasteiger partial charge on any atom is -0.394 e. The Balaban J connectivity index is 2.58. The van der Waals surface area contributed by atoms with Crippen molar-refractivity contribution in [2.75, 3.05) is 13.2 Å². The molecule has 14 heavy (non-hydrogen) atoms. The molecule has 0 saturated carbocycles. The van der Waals surface area contributed by atoms with Gasteiger partial charge in [0.05, 0.1) is 0 Å². The first kappa shape index (κ1) is 11.4. The van der Waals surface area contributed by atoms with Crippen molar-refractivity contribution < 1.29 is 8.85 Å². The van der Waals surface area contributed by atoms with Gasteiger partial charge in [-0.1, -0.05) is 37.3 Å². The molecule has 0 aliphatic heterocycles. The Morgan fingerprint density at radius 1 is 1.07 bits per heavy atom. The van der Waals surface area contributed by atoms with Crippen LogP contribution in [0.1, 0.15) is 20.3 Å². The van der Waals surface area contributed by atoms with Gasteiger partial charge in [0, 0.05) is 13.2 Å². The van der Waals surface area contributed by atoms with Crippen LogP contribution in [0.25, 0.3) is 0 Å². The summed E-state index contributed by atoms with van der Waals surface area (Å²) in [6.07, 6.45) is 1.05. The molecule has 0 amide bonds. The lowest BCUT2D eigenvalue weighted by atomic mass is 10.4. The van der Waals surface area contributed by atoms with Crippen LogP contribution in [0.15, 0.2) is 30.3 Å². The third-order valence-electron chi connectivity index (χ3n) is 1.86. The summed E-state index contributed by atoms with van der Waals surface area (Å²) < 4.78 is 11.4. The summed E-state index contributed by atoms with van der Waals surface area (Å²) in [5, 5.41) is 1.22. The number of rotatable bonds is 6. The highest BCUT2D eigenvalue weighted by Gasteiger charge is 2.14. The SMILES string of the molecule is CCCO[SiH](OCC)c1ccccc1. The largest absolute Gasteiger partial charge is 0.394 e. The smallest absolute Gasteiger partial charge is 0.355 e. The Hall–Kier alpha value is -0.643. The minimum atomic E-state index is -1.61. The number of hydrogen-bond acceptors (Lipinski definition) is 2.